The fraction of sp³-hybridized carbons (Fsp3) is 0.429. The molecule has 0 aromatic heterocycles. The van der Waals surface area contributed by atoms with Gasteiger partial charge in [0.25, 0.3) is 0 Å². The number of amides is 3. The van der Waals surface area contributed by atoms with Crippen LogP contribution >= 0.6 is 11.6 Å². The van der Waals surface area contributed by atoms with Crippen molar-refractivity contribution in [2.45, 2.75) is 12.8 Å². The van der Waals surface area contributed by atoms with E-state index in [9.17, 15) is 9.59 Å². The Morgan fingerprint density at radius 2 is 2.05 bits per heavy atom. The molecule has 1 saturated heterocycles. The number of urea groups is 1. The minimum absolute atomic E-state index is 0.00425. The van der Waals surface area contributed by atoms with Crippen molar-refractivity contribution in [2.24, 2.45) is 0 Å². The third kappa shape index (κ3) is 4.26. The number of nitrogens with one attached hydrogen (secondary N) is 2. The molecule has 114 valence electrons. The van der Waals surface area contributed by atoms with E-state index < -0.39 is 6.03 Å². The Bertz CT molecular complexity index is 530. The molecular weight excluding hydrogens is 294 g/mol. The molecule has 1 aliphatic rings. The molecule has 1 aliphatic heterocycles. The van der Waals surface area contributed by atoms with Crippen molar-refractivity contribution in [2.75, 3.05) is 32.1 Å². The van der Waals surface area contributed by atoms with Crippen LogP contribution in [0.1, 0.15) is 12.8 Å². The molecule has 21 heavy (non-hydrogen) atoms. The molecule has 2 N–H and O–H groups in total. The summed E-state index contributed by atoms with van der Waals surface area (Å²) in [6.45, 7) is 1.54. The van der Waals surface area contributed by atoms with Crippen LogP contribution in [-0.4, -0.2) is 43.6 Å². The van der Waals surface area contributed by atoms with Crippen molar-refractivity contribution >= 4 is 29.2 Å². The highest BCUT2D eigenvalue weighted by molar-refractivity contribution is 6.32. The van der Waals surface area contributed by atoms with Crippen LogP contribution in [0.5, 0.6) is 5.75 Å². The molecule has 1 aromatic rings. The maximum atomic E-state index is 11.8. The van der Waals surface area contributed by atoms with Gasteiger partial charge in [0.1, 0.15) is 5.75 Å². The van der Waals surface area contributed by atoms with Crippen LogP contribution in [0.3, 0.4) is 0 Å². The normalized spacial score (nSPS) is 13.9. The predicted molar refractivity (Wildman–Crippen MR) is 80.8 cm³/mol. The number of nitrogens with zero attached hydrogens (tertiary/aromatic N) is 1. The summed E-state index contributed by atoms with van der Waals surface area (Å²) in [5, 5.41) is 5.57. The number of carbonyl (C=O) groups excluding carboxylic acids is 2. The van der Waals surface area contributed by atoms with Gasteiger partial charge < -0.3 is 20.3 Å². The summed E-state index contributed by atoms with van der Waals surface area (Å²) in [4.78, 5) is 25.3. The Hall–Kier alpha value is -1.95. The van der Waals surface area contributed by atoms with Crippen LogP contribution in [0.4, 0.5) is 10.5 Å². The monoisotopic (exact) mass is 311 g/mol. The zero-order valence-electron chi connectivity index (χ0n) is 11.8. The average Bonchev–Trinajstić information content (AvgIpc) is 2.99. The third-order valence-corrected chi connectivity index (χ3v) is 3.56. The largest absolute Gasteiger partial charge is 0.495 e. The lowest BCUT2D eigenvalue weighted by Gasteiger charge is -2.15. The van der Waals surface area contributed by atoms with Gasteiger partial charge in [0.15, 0.2) is 0 Å². The van der Waals surface area contributed by atoms with E-state index in [0.717, 1.165) is 25.9 Å². The number of methoxy groups -OCH3 is 1. The lowest BCUT2D eigenvalue weighted by molar-refractivity contribution is -0.128. The minimum atomic E-state index is -0.441. The van der Waals surface area contributed by atoms with Gasteiger partial charge in [0, 0.05) is 18.8 Å². The maximum absolute atomic E-state index is 11.8. The van der Waals surface area contributed by atoms with E-state index in [1.165, 1.54) is 7.11 Å². The van der Waals surface area contributed by atoms with E-state index in [4.69, 9.17) is 16.3 Å². The van der Waals surface area contributed by atoms with Gasteiger partial charge >= 0.3 is 6.03 Å². The molecule has 2 rings (SSSR count). The molecule has 0 saturated carbocycles. The van der Waals surface area contributed by atoms with Crippen molar-refractivity contribution < 1.29 is 14.3 Å². The summed E-state index contributed by atoms with van der Waals surface area (Å²) >= 11 is 5.97. The molecule has 1 aromatic carbocycles. The van der Waals surface area contributed by atoms with Crippen LogP contribution in [0, 0.1) is 0 Å². The Morgan fingerprint density at radius 1 is 1.33 bits per heavy atom. The number of benzene rings is 1. The van der Waals surface area contributed by atoms with E-state index in [-0.39, 0.29) is 12.5 Å². The first-order chi connectivity index (χ1) is 10.1. The van der Waals surface area contributed by atoms with Crippen LogP contribution in [0.15, 0.2) is 18.2 Å². The fourth-order valence-electron chi connectivity index (χ4n) is 2.15. The van der Waals surface area contributed by atoms with Crippen LogP contribution < -0.4 is 15.4 Å². The van der Waals surface area contributed by atoms with Crippen molar-refractivity contribution in [1.29, 1.82) is 0 Å². The summed E-state index contributed by atoms with van der Waals surface area (Å²) in [7, 11) is 1.52. The summed E-state index contributed by atoms with van der Waals surface area (Å²) in [6, 6.07) is 4.48. The molecule has 1 heterocycles. The molecule has 0 radical (unpaired) electrons. The summed E-state index contributed by atoms with van der Waals surface area (Å²) < 4.78 is 5.03. The topological polar surface area (TPSA) is 70.7 Å². The van der Waals surface area contributed by atoms with E-state index in [2.05, 4.69) is 10.6 Å². The fourth-order valence-corrected chi connectivity index (χ4v) is 2.41. The Balaban J connectivity index is 1.81. The molecule has 3 amide bonds. The summed E-state index contributed by atoms with van der Waals surface area (Å²) in [6.07, 6.45) is 2.06. The van der Waals surface area contributed by atoms with Gasteiger partial charge in [0.05, 0.1) is 18.7 Å². The molecular formula is C14H18ClN3O3. The van der Waals surface area contributed by atoms with Gasteiger partial charge in [-0.25, -0.2) is 4.79 Å². The van der Waals surface area contributed by atoms with E-state index in [1.54, 1.807) is 23.1 Å². The number of likely N-dealkylation sites (tertiary alicyclic amines) is 1. The van der Waals surface area contributed by atoms with E-state index in [1.807, 2.05) is 0 Å². The van der Waals surface area contributed by atoms with Gasteiger partial charge in [-0.2, -0.15) is 0 Å². The van der Waals surface area contributed by atoms with Gasteiger partial charge in [-0.1, -0.05) is 11.6 Å². The smallest absolute Gasteiger partial charge is 0.319 e. The molecule has 0 unspecified atom stereocenters. The van der Waals surface area contributed by atoms with Gasteiger partial charge in [-0.05, 0) is 31.0 Å². The SMILES string of the molecule is COc1ccc(NC(=O)NCC(=O)N2CCCC2)cc1Cl. The second-order valence-electron chi connectivity index (χ2n) is 4.74. The number of rotatable bonds is 4. The van der Waals surface area contributed by atoms with Gasteiger partial charge in [-0.3, -0.25) is 4.79 Å². The van der Waals surface area contributed by atoms with Gasteiger partial charge in [0.2, 0.25) is 5.91 Å². The Labute approximate surface area is 128 Å². The predicted octanol–water partition coefficient (Wildman–Crippen LogP) is 2.09. The molecule has 0 spiro atoms. The zero-order valence-corrected chi connectivity index (χ0v) is 12.6. The highest BCUT2D eigenvalue weighted by Crippen LogP contribution is 2.27. The lowest BCUT2D eigenvalue weighted by Crippen LogP contribution is -2.40. The quantitative estimate of drug-likeness (QED) is 0.894. The number of ether oxygens (including phenoxy) is 1. The second-order valence-corrected chi connectivity index (χ2v) is 5.15. The maximum Gasteiger partial charge on any atom is 0.319 e. The first kappa shape index (κ1) is 15.4. The van der Waals surface area contributed by atoms with Crippen molar-refractivity contribution in [3.63, 3.8) is 0 Å². The molecule has 0 atom stereocenters. The summed E-state index contributed by atoms with van der Waals surface area (Å²) in [5.74, 6) is 0.474. The minimum Gasteiger partial charge on any atom is -0.495 e. The van der Waals surface area contributed by atoms with E-state index in [0.29, 0.717) is 16.5 Å². The molecule has 0 aliphatic carbocycles. The molecule has 6 nitrogen and oxygen atoms in total. The lowest BCUT2D eigenvalue weighted by atomic mass is 10.3. The zero-order chi connectivity index (χ0) is 15.2. The first-order valence-corrected chi connectivity index (χ1v) is 7.14. The highest BCUT2D eigenvalue weighted by atomic mass is 35.5. The number of halogens is 1. The Morgan fingerprint density at radius 3 is 2.67 bits per heavy atom. The molecule has 1 fully saturated rings. The summed E-state index contributed by atoms with van der Waals surface area (Å²) in [5.41, 5.74) is 0.534. The van der Waals surface area contributed by atoms with E-state index >= 15 is 0 Å². The highest BCUT2D eigenvalue weighted by Gasteiger charge is 2.18. The first-order valence-electron chi connectivity index (χ1n) is 6.76. The van der Waals surface area contributed by atoms with Crippen LogP contribution in [0.2, 0.25) is 5.02 Å². The number of carbonyl (C=O) groups is 2. The standard InChI is InChI=1S/C14H18ClN3O3/c1-21-12-5-4-10(8-11(12)15)17-14(20)16-9-13(19)18-6-2-3-7-18/h4-5,8H,2-3,6-7,9H2,1H3,(H2,16,17,20). The second kappa shape index (κ2) is 7.17. The van der Waals surface area contributed by atoms with Crippen LogP contribution in [-0.2, 0) is 4.79 Å². The van der Waals surface area contributed by atoms with Crippen molar-refractivity contribution in [3.8, 4) is 5.75 Å². The number of hydrogen-bond acceptors (Lipinski definition) is 3. The van der Waals surface area contributed by atoms with Crippen molar-refractivity contribution in [3.05, 3.63) is 23.2 Å². The third-order valence-electron chi connectivity index (χ3n) is 3.27. The molecule has 0 bridgehead atoms. The number of anilines is 1. The Kier molecular flexibility index (Phi) is 5.27. The average molecular weight is 312 g/mol. The van der Waals surface area contributed by atoms with Crippen LogP contribution in [0.25, 0.3) is 0 Å². The number of hydrogen-bond donors (Lipinski definition) is 2. The molecule has 7 heteroatoms. The van der Waals surface area contributed by atoms with Gasteiger partial charge in [-0.15, -0.1) is 0 Å². The van der Waals surface area contributed by atoms with Crippen molar-refractivity contribution in [1.82, 2.24) is 10.2 Å².